The van der Waals surface area contributed by atoms with Gasteiger partial charge in [-0.2, -0.15) is 0 Å². The van der Waals surface area contributed by atoms with Crippen LogP contribution in [0.5, 0.6) is 0 Å². The van der Waals surface area contributed by atoms with Crippen molar-refractivity contribution in [2.45, 2.75) is 25.7 Å². The maximum Gasteiger partial charge on any atom is 0.328 e. The van der Waals surface area contributed by atoms with Crippen LogP contribution in [0.25, 0.3) is 0 Å². The Balaban J connectivity index is 1.61. The molecule has 0 bridgehead atoms. The molecule has 2 aliphatic rings. The van der Waals surface area contributed by atoms with Crippen LogP contribution in [-0.2, 0) is 25.4 Å². The Morgan fingerprint density at radius 2 is 2.06 bits per heavy atom. The Hall–Kier alpha value is -2.58. The highest BCUT2D eigenvalue weighted by Gasteiger charge is 2.24. The third-order valence-corrected chi connectivity index (χ3v) is 6.01. The van der Waals surface area contributed by atoms with Crippen molar-refractivity contribution >= 4 is 23.3 Å². The minimum Gasteiger partial charge on any atom is -0.495 e. The standard InChI is InChI=1S/C27H35ClN2O5/c1-33-15-16-34-17-18-35-24-10-11-25-22(19-24)7-6-21-8-9-23(28)20-26(21)30(25)14-3-2-12-29-13-4-5-27(31)32/h4-5,7-11,20,29H,2-3,6,12-19H2,1H3,(H,31,32)/b5-4+. The third-order valence-electron chi connectivity index (χ3n) is 5.77. The number of fused-ring (bicyclic) bond motifs is 2. The molecule has 0 fully saturated rings. The number of benzene rings is 1. The average molecular weight is 503 g/mol. The third kappa shape index (κ3) is 8.85. The van der Waals surface area contributed by atoms with E-state index in [1.165, 1.54) is 16.8 Å². The van der Waals surface area contributed by atoms with Gasteiger partial charge >= 0.3 is 5.97 Å². The smallest absolute Gasteiger partial charge is 0.328 e. The molecule has 0 saturated carbocycles. The minimum atomic E-state index is -0.923. The van der Waals surface area contributed by atoms with Gasteiger partial charge in [0, 0.05) is 49.1 Å². The zero-order chi connectivity index (χ0) is 24.9. The van der Waals surface area contributed by atoms with E-state index in [0.717, 1.165) is 61.3 Å². The number of carboxylic acids is 1. The first kappa shape index (κ1) is 27.0. The molecule has 8 heteroatoms. The zero-order valence-electron chi connectivity index (χ0n) is 20.3. The van der Waals surface area contributed by atoms with Crippen LogP contribution in [0.15, 0.2) is 65.6 Å². The van der Waals surface area contributed by atoms with Gasteiger partial charge in [0.2, 0.25) is 0 Å². The molecular weight excluding hydrogens is 468 g/mol. The molecule has 0 saturated heterocycles. The summed E-state index contributed by atoms with van der Waals surface area (Å²) in [5, 5.41) is 12.6. The van der Waals surface area contributed by atoms with Crippen molar-refractivity contribution in [1.82, 2.24) is 5.32 Å². The van der Waals surface area contributed by atoms with Gasteiger partial charge in [0.15, 0.2) is 0 Å². The largest absolute Gasteiger partial charge is 0.495 e. The number of hydrogen-bond donors (Lipinski definition) is 2. The fourth-order valence-corrected chi connectivity index (χ4v) is 4.23. The van der Waals surface area contributed by atoms with Crippen LogP contribution in [0.4, 0.5) is 5.69 Å². The number of rotatable bonds is 15. The van der Waals surface area contributed by atoms with Gasteiger partial charge in [-0.25, -0.2) is 4.79 Å². The molecule has 1 aromatic carbocycles. The maximum absolute atomic E-state index is 10.5. The molecular formula is C27H35ClN2O5. The Morgan fingerprint density at radius 3 is 2.89 bits per heavy atom. The molecule has 0 spiro atoms. The fraction of sp³-hybridized carbons (Fsp3) is 0.444. The van der Waals surface area contributed by atoms with Gasteiger partial charge in [-0.15, -0.1) is 0 Å². The zero-order valence-corrected chi connectivity index (χ0v) is 21.1. The van der Waals surface area contributed by atoms with E-state index < -0.39 is 5.97 Å². The van der Waals surface area contributed by atoms with Crippen LogP contribution in [0.2, 0.25) is 5.02 Å². The molecule has 190 valence electrons. The molecule has 1 aromatic rings. The molecule has 0 amide bonds. The lowest BCUT2D eigenvalue weighted by atomic mass is 10.0. The van der Waals surface area contributed by atoms with Crippen molar-refractivity contribution in [3.05, 3.63) is 76.2 Å². The van der Waals surface area contributed by atoms with Gasteiger partial charge in [-0.1, -0.05) is 29.8 Å². The maximum atomic E-state index is 10.5. The molecule has 0 atom stereocenters. The minimum absolute atomic E-state index is 0.514. The van der Waals surface area contributed by atoms with Crippen LogP contribution in [0.3, 0.4) is 0 Å². The van der Waals surface area contributed by atoms with E-state index in [1.807, 2.05) is 6.07 Å². The number of allylic oxidation sites excluding steroid dienone is 5. The summed E-state index contributed by atoms with van der Waals surface area (Å²) in [7, 11) is 1.66. The molecule has 2 N–H and O–H groups in total. The van der Waals surface area contributed by atoms with Crippen LogP contribution in [-0.4, -0.2) is 64.2 Å². The summed E-state index contributed by atoms with van der Waals surface area (Å²) in [6.07, 6.45) is 12.8. The van der Waals surface area contributed by atoms with E-state index in [4.69, 9.17) is 30.9 Å². The number of anilines is 1. The van der Waals surface area contributed by atoms with E-state index >= 15 is 0 Å². The van der Waals surface area contributed by atoms with Crippen molar-refractivity contribution in [1.29, 1.82) is 0 Å². The van der Waals surface area contributed by atoms with E-state index in [9.17, 15) is 4.79 Å². The Morgan fingerprint density at radius 1 is 1.20 bits per heavy atom. The van der Waals surface area contributed by atoms with Gasteiger partial charge in [-0.05, 0) is 61.2 Å². The average Bonchev–Trinajstić information content (AvgIpc) is 2.99. The lowest BCUT2D eigenvalue weighted by Crippen LogP contribution is -2.27. The summed E-state index contributed by atoms with van der Waals surface area (Å²) in [6.45, 7) is 4.44. The molecule has 1 heterocycles. The Labute approximate surface area is 212 Å². The summed E-state index contributed by atoms with van der Waals surface area (Å²) in [4.78, 5) is 12.9. The van der Waals surface area contributed by atoms with E-state index in [2.05, 4.69) is 40.6 Å². The summed E-state index contributed by atoms with van der Waals surface area (Å²) in [5.74, 6) is 0.0193. The van der Waals surface area contributed by atoms with Crippen LogP contribution in [0, 0.1) is 0 Å². The molecule has 1 aliphatic heterocycles. The molecule has 0 radical (unpaired) electrons. The molecule has 35 heavy (non-hydrogen) atoms. The topological polar surface area (TPSA) is 80.3 Å². The lowest BCUT2D eigenvalue weighted by Gasteiger charge is -2.31. The number of carbonyl (C=O) groups is 1. The number of nitrogens with zero attached hydrogens (tertiary/aromatic N) is 1. The van der Waals surface area contributed by atoms with Crippen LogP contribution in [0.1, 0.15) is 24.8 Å². The number of hydrogen-bond acceptors (Lipinski definition) is 6. The summed E-state index contributed by atoms with van der Waals surface area (Å²) >= 11 is 6.38. The summed E-state index contributed by atoms with van der Waals surface area (Å²) < 4.78 is 16.4. The SMILES string of the molecule is COCCOCCOC1=CC=C2C(=CCc3ccc(Cl)cc3N2CCCCNC/C=C/C(=O)O)C1. The van der Waals surface area contributed by atoms with Gasteiger partial charge in [-0.3, -0.25) is 0 Å². The van der Waals surface area contributed by atoms with Crippen molar-refractivity contribution in [3.63, 3.8) is 0 Å². The van der Waals surface area contributed by atoms with Gasteiger partial charge in [0.1, 0.15) is 12.4 Å². The van der Waals surface area contributed by atoms with E-state index in [-0.39, 0.29) is 0 Å². The van der Waals surface area contributed by atoms with E-state index in [1.54, 1.807) is 13.2 Å². The number of unbranched alkanes of at least 4 members (excludes halogenated alkanes) is 1. The molecule has 1 aliphatic carbocycles. The first-order valence-corrected chi connectivity index (χ1v) is 12.4. The van der Waals surface area contributed by atoms with Crippen LogP contribution >= 0.6 is 11.6 Å². The predicted octanol–water partition coefficient (Wildman–Crippen LogP) is 4.49. The Kier molecular flexibility index (Phi) is 11.4. The fourth-order valence-electron chi connectivity index (χ4n) is 4.06. The van der Waals surface area contributed by atoms with Crippen molar-refractivity contribution < 1.29 is 24.1 Å². The van der Waals surface area contributed by atoms with Gasteiger partial charge in [0.05, 0.1) is 19.8 Å². The summed E-state index contributed by atoms with van der Waals surface area (Å²) in [6, 6.07) is 6.11. The van der Waals surface area contributed by atoms with Gasteiger partial charge in [0.25, 0.3) is 0 Å². The highest BCUT2D eigenvalue weighted by molar-refractivity contribution is 6.30. The Bertz CT molecular complexity index is 970. The summed E-state index contributed by atoms with van der Waals surface area (Å²) in [5.41, 5.74) is 4.85. The van der Waals surface area contributed by atoms with Gasteiger partial charge < -0.3 is 29.5 Å². The second-order valence-corrected chi connectivity index (χ2v) is 8.76. The second kappa shape index (κ2) is 14.7. The lowest BCUT2D eigenvalue weighted by molar-refractivity contribution is -0.131. The van der Waals surface area contributed by atoms with Crippen LogP contribution < -0.4 is 10.2 Å². The number of ether oxygens (including phenoxy) is 3. The molecule has 7 nitrogen and oxygen atoms in total. The number of halogens is 1. The number of aliphatic carboxylic acids is 1. The molecule has 3 rings (SSSR count). The van der Waals surface area contributed by atoms with E-state index in [0.29, 0.717) is 33.0 Å². The van der Waals surface area contributed by atoms with Crippen molar-refractivity contribution in [2.75, 3.05) is 58.1 Å². The normalized spacial score (nSPS) is 15.1. The highest BCUT2D eigenvalue weighted by atomic mass is 35.5. The molecule has 0 aromatic heterocycles. The molecule has 0 unspecified atom stereocenters. The number of nitrogens with one attached hydrogen (secondary N) is 1. The van der Waals surface area contributed by atoms with Crippen molar-refractivity contribution in [3.8, 4) is 0 Å². The number of methoxy groups -OCH3 is 1. The highest BCUT2D eigenvalue weighted by Crippen LogP contribution is 2.38. The number of carboxylic acid groups (broad SMARTS) is 1. The monoisotopic (exact) mass is 502 g/mol. The predicted molar refractivity (Wildman–Crippen MR) is 139 cm³/mol. The first-order chi connectivity index (χ1) is 17.1. The first-order valence-electron chi connectivity index (χ1n) is 12.0. The quantitative estimate of drug-likeness (QED) is 0.270. The van der Waals surface area contributed by atoms with Crippen molar-refractivity contribution in [2.24, 2.45) is 0 Å². The second-order valence-electron chi connectivity index (χ2n) is 8.33.